The minimum atomic E-state index is -0.807. The van der Waals surface area contributed by atoms with Crippen LogP contribution in [0.1, 0.15) is 53.6 Å². The summed E-state index contributed by atoms with van der Waals surface area (Å²) in [6, 6.07) is 14.1. The van der Waals surface area contributed by atoms with E-state index >= 15 is 0 Å². The molecule has 0 heterocycles. The number of benzene rings is 2. The van der Waals surface area contributed by atoms with E-state index in [1.807, 2.05) is 44.2 Å². The van der Waals surface area contributed by atoms with Gasteiger partial charge in [-0.05, 0) is 67.9 Å². The monoisotopic (exact) mass is 365 g/mol. The molecule has 27 heavy (non-hydrogen) atoms. The number of fused-ring (bicyclic) bond motifs is 1. The number of rotatable bonds is 5. The summed E-state index contributed by atoms with van der Waals surface area (Å²) in [7, 11) is 0. The Morgan fingerprint density at radius 2 is 1.93 bits per heavy atom. The second-order valence-electron chi connectivity index (χ2n) is 7.38. The summed E-state index contributed by atoms with van der Waals surface area (Å²) in [5.41, 5.74) is 5.69. The molecular formula is C23H27NO3. The van der Waals surface area contributed by atoms with Gasteiger partial charge in [-0.15, -0.1) is 0 Å². The average molecular weight is 365 g/mol. The van der Waals surface area contributed by atoms with E-state index in [1.165, 1.54) is 16.7 Å². The molecule has 0 saturated heterocycles. The molecule has 142 valence electrons. The number of carbonyl (C=O) groups is 2. The third-order valence-corrected chi connectivity index (χ3v) is 5.28. The molecule has 0 fully saturated rings. The molecule has 0 bridgehead atoms. The first-order valence-corrected chi connectivity index (χ1v) is 9.58. The molecule has 1 amide bonds. The lowest BCUT2D eigenvalue weighted by Gasteiger charge is -2.27. The van der Waals surface area contributed by atoms with E-state index in [-0.39, 0.29) is 24.3 Å². The van der Waals surface area contributed by atoms with Gasteiger partial charge in [-0.1, -0.05) is 42.5 Å². The average Bonchev–Trinajstić information content (AvgIpc) is 2.65. The van der Waals surface area contributed by atoms with Gasteiger partial charge in [0.2, 0.25) is 0 Å². The molecule has 4 nitrogen and oxygen atoms in total. The van der Waals surface area contributed by atoms with Crippen molar-refractivity contribution in [2.24, 2.45) is 0 Å². The third-order valence-electron chi connectivity index (χ3n) is 5.28. The summed E-state index contributed by atoms with van der Waals surface area (Å²) >= 11 is 0. The van der Waals surface area contributed by atoms with Crippen molar-refractivity contribution >= 4 is 11.9 Å². The number of aryl methyl sites for hydroxylation is 3. The second kappa shape index (κ2) is 8.38. The first kappa shape index (κ1) is 19.2. The van der Waals surface area contributed by atoms with Crippen molar-refractivity contribution in [3.8, 4) is 0 Å². The highest BCUT2D eigenvalue weighted by Crippen LogP contribution is 2.29. The predicted octanol–water partition coefficient (Wildman–Crippen LogP) is 3.97. The Hall–Kier alpha value is -2.62. The lowest BCUT2D eigenvalue weighted by Crippen LogP contribution is -2.39. The van der Waals surface area contributed by atoms with Crippen molar-refractivity contribution in [2.75, 3.05) is 0 Å². The van der Waals surface area contributed by atoms with Crippen LogP contribution in [0.3, 0.4) is 0 Å². The summed E-state index contributed by atoms with van der Waals surface area (Å²) in [6.45, 7) is 5.68. The number of amides is 1. The van der Waals surface area contributed by atoms with Gasteiger partial charge in [-0.2, -0.15) is 0 Å². The maximum atomic E-state index is 12.5. The fourth-order valence-corrected chi connectivity index (χ4v) is 3.57. The minimum absolute atomic E-state index is 0.0108. The number of nitrogens with one attached hydrogen (secondary N) is 1. The van der Waals surface area contributed by atoms with Crippen molar-refractivity contribution in [3.05, 3.63) is 70.3 Å². The first-order valence-electron chi connectivity index (χ1n) is 9.58. The van der Waals surface area contributed by atoms with Crippen molar-refractivity contribution in [2.45, 2.75) is 58.6 Å². The molecule has 0 spiro atoms. The zero-order chi connectivity index (χ0) is 19.4. The van der Waals surface area contributed by atoms with Gasteiger partial charge in [0.1, 0.15) is 0 Å². The van der Waals surface area contributed by atoms with E-state index in [4.69, 9.17) is 4.74 Å². The van der Waals surface area contributed by atoms with Gasteiger partial charge in [0.05, 0.1) is 12.5 Å². The van der Waals surface area contributed by atoms with Gasteiger partial charge in [0.15, 0.2) is 6.10 Å². The number of carbonyl (C=O) groups excluding carboxylic acids is 2. The van der Waals surface area contributed by atoms with Crippen molar-refractivity contribution in [1.29, 1.82) is 0 Å². The van der Waals surface area contributed by atoms with Crippen molar-refractivity contribution < 1.29 is 14.3 Å². The van der Waals surface area contributed by atoms with Crippen LogP contribution in [0.5, 0.6) is 0 Å². The fraction of sp³-hybridized carbons (Fsp3) is 0.391. The topological polar surface area (TPSA) is 55.4 Å². The molecule has 0 radical (unpaired) electrons. The Morgan fingerprint density at radius 3 is 2.70 bits per heavy atom. The lowest BCUT2D eigenvalue weighted by molar-refractivity contribution is -0.154. The lowest BCUT2D eigenvalue weighted by atomic mass is 9.87. The van der Waals surface area contributed by atoms with Gasteiger partial charge in [-0.3, -0.25) is 9.59 Å². The third kappa shape index (κ3) is 4.76. The summed E-state index contributed by atoms with van der Waals surface area (Å²) in [6.07, 6.45) is 2.36. The molecule has 1 aliphatic rings. The summed E-state index contributed by atoms with van der Waals surface area (Å²) in [5.74, 6) is -0.630. The van der Waals surface area contributed by atoms with Gasteiger partial charge in [0.25, 0.3) is 5.91 Å². The molecule has 2 aromatic carbocycles. The fourth-order valence-electron chi connectivity index (χ4n) is 3.57. The maximum Gasteiger partial charge on any atom is 0.311 e. The van der Waals surface area contributed by atoms with Gasteiger partial charge < -0.3 is 10.1 Å². The minimum Gasteiger partial charge on any atom is -0.452 e. The molecule has 0 aromatic heterocycles. The largest absolute Gasteiger partial charge is 0.452 e. The van der Waals surface area contributed by atoms with Gasteiger partial charge in [0, 0.05) is 0 Å². The summed E-state index contributed by atoms with van der Waals surface area (Å²) in [4.78, 5) is 24.7. The molecule has 0 unspecified atom stereocenters. The van der Waals surface area contributed by atoms with E-state index in [2.05, 4.69) is 17.4 Å². The molecule has 3 rings (SSSR count). The van der Waals surface area contributed by atoms with Gasteiger partial charge >= 0.3 is 5.97 Å². The Balaban J connectivity index is 1.56. The number of hydrogen-bond acceptors (Lipinski definition) is 3. The van der Waals surface area contributed by atoms with Crippen LogP contribution < -0.4 is 5.32 Å². The van der Waals surface area contributed by atoms with Crippen LogP contribution in [0, 0.1) is 13.8 Å². The van der Waals surface area contributed by atoms with Crippen LogP contribution in [0.25, 0.3) is 0 Å². The summed E-state index contributed by atoms with van der Waals surface area (Å²) < 4.78 is 5.36. The Labute approximate surface area is 160 Å². The van der Waals surface area contributed by atoms with E-state index in [0.29, 0.717) is 0 Å². The SMILES string of the molecule is Cc1ccc(CC(=O)O[C@H](C)C(=O)N[C@H]2CCCc3ccccc32)cc1C. The quantitative estimate of drug-likeness (QED) is 0.816. The summed E-state index contributed by atoms with van der Waals surface area (Å²) in [5, 5.41) is 3.04. The van der Waals surface area contributed by atoms with E-state index < -0.39 is 6.10 Å². The van der Waals surface area contributed by atoms with Crippen LogP contribution in [0.15, 0.2) is 42.5 Å². The maximum absolute atomic E-state index is 12.5. The van der Waals surface area contributed by atoms with Crippen LogP contribution >= 0.6 is 0 Å². The molecule has 1 aliphatic carbocycles. The molecule has 0 aliphatic heterocycles. The number of esters is 1. The predicted molar refractivity (Wildman–Crippen MR) is 105 cm³/mol. The molecule has 2 atom stereocenters. The van der Waals surface area contributed by atoms with Crippen LogP contribution in [-0.4, -0.2) is 18.0 Å². The highest BCUT2D eigenvalue weighted by atomic mass is 16.5. The van der Waals surface area contributed by atoms with E-state index in [1.54, 1.807) is 6.92 Å². The Bertz CT molecular complexity index is 843. The standard InChI is InChI=1S/C23H27NO3/c1-15-11-12-18(13-16(15)2)14-22(25)27-17(3)23(26)24-21-10-6-8-19-7-4-5-9-20(19)21/h4-5,7,9,11-13,17,21H,6,8,10,14H2,1-3H3,(H,24,26)/t17-,21+/m1/s1. The van der Waals surface area contributed by atoms with Crippen molar-refractivity contribution in [3.63, 3.8) is 0 Å². The zero-order valence-corrected chi connectivity index (χ0v) is 16.2. The molecular weight excluding hydrogens is 338 g/mol. The molecule has 1 N–H and O–H groups in total. The van der Waals surface area contributed by atoms with Gasteiger partial charge in [-0.25, -0.2) is 0 Å². The molecule has 2 aromatic rings. The van der Waals surface area contributed by atoms with Crippen LogP contribution in [0.2, 0.25) is 0 Å². The second-order valence-corrected chi connectivity index (χ2v) is 7.38. The highest BCUT2D eigenvalue weighted by Gasteiger charge is 2.25. The van der Waals surface area contributed by atoms with Crippen molar-refractivity contribution in [1.82, 2.24) is 5.32 Å². The zero-order valence-electron chi connectivity index (χ0n) is 16.2. The van der Waals surface area contributed by atoms with E-state index in [9.17, 15) is 9.59 Å². The van der Waals surface area contributed by atoms with E-state index in [0.717, 1.165) is 30.4 Å². The number of hydrogen-bond donors (Lipinski definition) is 1. The Morgan fingerprint density at radius 1 is 1.15 bits per heavy atom. The normalized spacial score (nSPS) is 16.9. The number of ether oxygens (including phenoxy) is 1. The molecule has 4 heteroatoms. The smallest absolute Gasteiger partial charge is 0.311 e. The molecule has 0 saturated carbocycles. The van der Waals surface area contributed by atoms with Crippen LogP contribution in [0.4, 0.5) is 0 Å². The highest BCUT2D eigenvalue weighted by molar-refractivity contribution is 5.84. The Kier molecular flexibility index (Phi) is 5.94. The van der Waals surface area contributed by atoms with Crippen LogP contribution in [-0.2, 0) is 27.2 Å². The first-order chi connectivity index (χ1) is 12.9.